The van der Waals surface area contributed by atoms with Crippen molar-refractivity contribution in [2.24, 2.45) is 17.6 Å². The number of aliphatic carboxylic acids is 1. The van der Waals surface area contributed by atoms with Gasteiger partial charge in [0.05, 0.1) is 5.92 Å². The summed E-state index contributed by atoms with van der Waals surface area (Å²) < 4.78 is 0. The normalized spacial score (nSPS) is 35.8. The van der Waals surface area contributed by atoms with E-state index >= 15 is 0 Å². The lowest BCUT2D eigenvalue weighted by Gasteiger charge is -2.00. The minimum absolute atomic E-state index is 0.149. The summed E-state index contributed by atoms with van der Waals surface area (Å²) in [5.41, 5.74) is 5.44. The summed E-state index contributed by atoms with van der Waals surface area (Å²) >= 11 is 0. The van der Waals surface area contributed by atoms with E-state index < -0.39 is 5.97 Å². The first-order valence-corrected chi connectivity index (χ1v) is 3.11. The summed E-state index contributed by atoms with van der Waals surface area (Å²) in [4.78, 5) is 10.3. The number of hydrogen-bond donors (Lipinski definition) is 2. The van der Waals surface area contributed by atoms with Crippen molar-refractivity contribution in [3.05, 3.63) is 0 Å². The van der Waals surface area contributed by atoms with Crippen LogP contribution >= 0.6 is 0 Å². The van der Waals surface area contributed by atoms with Gasteiger partial charge in [0.1, 0.15) is 0 Å². The van der Waals surface area contributed by atoms with Crippen molar-refractivity contribution in [3.8, 4) is 0 Å². The van der Waals surface area contributed by atoms with Gasteiger partial charge in [0.25, 0.3) is 0 Å². The van der Waals surface area contributed by atoms with Crippen LogP contribution in [0, 0.1) is 11.8 Å². The van der Waals surface area contributed by atoms with Crippen LogP contribution in [0.25, 0.3) is 0 Å². The van der Waals surface area contributed by atoms with Crippen LogP contribution in [-0.2, 0) is 4.79 Å². The van der Waals surface area contributed by atoms with Crippen LogP contribution in [0.4, 0.5) is 0 Å². The molecule has 52 valence electrons. The van der Waals surface area contributed by atoms with E-state index in [2.05, 4.69) is 0 Å². The number of carbonyl (C=O) groups is 1. The first-order valence-electron chi connectivity index (χ1n) is 3.11. The van der Waals surface area contributed by atoms with Crippen LogP contribution in [0.15, 0.2) is 0 Å². The van der Waals surface area contributed by atoms with Crippen molar-refractivity contribution in [1.29, 1.82) is 0 Å². The Morgan fingerprint density at radius 2 is 2.33 bits per heavy atom. The maximum Gasteiger partial charge on any atom is 0.306 e. The number of carboxylic acids is 1. The summed E-state index contributed by atoms with van der Waals surface area (Å²) in [6.07, 6.45) is 0.882. The van der Waals surface area contributed by atoms with E-state index in [1.807, 2.05) is 0 Å². The first kappa shape index (κ1) is 6.55. The van der Waals surface area contributed by atoms with Crippen LogP contribution in [0.2, 0.25) is 0 Å². The molecular weight excluding hydrogens is 118 g/mol. The molecule has 1 saturated carbocycles. The predicted molar refractivity (Wildman–Crippen MR) is 32.9 cm³/mol. The lowest BCUT2D eigenvalue weighted by molar-refractivity contribution is -0.141. The van der Waals surface area contributed by atoms with Gasteiger partial charge in [-0.05, 0) is 12.3 Å². The van der Waals surface area contributed by atoms with Gasteiger partial charge in [-0.15, -0.1) is 0 Å². The minimum atomic E-state index is -0.729. The Morgan fingerprint density at radius 3 is 2.44 bits per heavy atom. The van der Waals surface area contributed by atoms with Crippen molar-refractivity contribution in [2.75, 3.05) is 0 Å². The Labute approximate surface area is 53.9 Å². The van der Waals surface area contributed by atoms with E-state index in [1.54, 1.807) is 6.92 Å². The van der Waals surface area contributed by atoms with E-state index in [1.165, 1.54) is 0 Å². The van der Waals surface area contributed by atoms with Crippen LogP contribution in [0.1, 0.15) is 13.3 Å². The zero-order chi connectivity index (χ0) is 7.02. The molecule has 0 saturated heterocycles. The minimum Gasteiger partial charge on any atom is -0.481 e. The monoisotopic (exact) mass is 129 g/mol. The average molecular weight is 129 g/mol. The molecule has 0 amide bonds. The second-order valence-corrected chi connectivity index (χ2v) is 2.69. The van der Waals surface area contributed by atoms with Crippen molar-refractivity contribution in [1.82, 2.24) is 0 Å². The van der Waals surface area contributed by atoms with E-state index in [0.717, 1.165) is 6.42 Å². The standard InChI is InChI=1S/C6H11NO2/c1-3(6(8)9)4-2-5(4)7/h3-5H,2,7H2,1H3,(H,8,9)/t3-,4-,5+/m0/s1. The third-order valence-corrected chi connectivity index (χ3v) is 1.92. The molecule has 3 N–H and O–H groups in total. The summed E-state index contributed by atoms with van der Waals surface area (Å²) in [7, 11) is 0. The summed E-state index contributed by atoms with van der Waals surface area (Å²) in [6, 6.07) is 0.149. The third kappa shape index (κ3) is 1.21. The molecule has 0 aromatic carbocycles. The van der Waals surface area contributed by atoms with E-state index in [-0.39, 0.29) is 17.9 Å². The highest BCUT2D eigenvalue weighted by Gasteiger charge is 2.41. The number of nitrogens with two attached hydrogens (primary N) is 1. The molecular formula is C6H11NO2. The highest BCUT2D eigenvalue weighted by molar-refractivity contribution is 5.70. The van der Waals surface area contributed by atoms with Crippen LogP contribution in [0.5, 0.6) is 0 Å². The van der Waals surface area contributed by atoms with Gasteiger partial charge >= 0.3 is 5.97 Å². The van der Waals surface area contributed by atoms with Gasteiger partial charge < -0.3 is 10.8 Å². The molecule has 1 aliphatic carbocycles. The Kier molecular flexibility index (Phi) is 1.45. The van der Waals surface area contributed by atoms with Crippen LogP contribution in [-0.4, -0.2) is 17.1 Å². The Hall–Kier alpha value is -0.570. The predicted octanol–water partition coefficient (Wildman–Crippen LogP) is 0.0543. The van der Waals surface area contributed by atoms with Gasteiger partial charge in [0.2, 0.25) is 0 Å². The molecule has 1 rings (SSSR count). The van der Waals surface area contributed by atoms with Crippen molar-refractivity contribution in [3.63, 3.8) is 0 Å². The highest BCUT2D eigenvalue weighted by atomic mass is 16.4. The van der Waals surface area contributed by atoms with E-state index in [9.17, 15) is 4.79 Å². The second kappa shape index (κ2) is 1.99. The smallest absolute Gasteiger partial charge is 0.306 e. The third-order valence-electron chi connectivity index (χ3n) is 1.92. The highest BCUT2D eigenvalue weighted by Crippen LogP contribution is 2.35. The quantitative estimate of drug-likeness (QED) is 0.554. The number of hydrogen-bond acceptors (Lipinski definition) is 2. The summed E-state index contributed by atoms with van der Waals surface area (Å²) in [5.74, 6) is -0.740. The Bertz CT molecular complexity index is 135. The van der Waals surface area contributed by atoms with Gasteiger partial charge in [-0.25, -0.2) is 0 Å². The van der Waals surface area contributed by atoms with Crippen molar-refractivity contribution < 1.29 is 9.90 Å². The van der Waals surface area contributed by atoms with Gasteiger partial charge in [-0.2, -0.15) is 0 Å². The fraction of sp³-hybridized carbons (Fsp3) is 0.833. The Balaban J connectivity index is 2.36. The fourth-order valence-corrected chi connectivity index (χ4v) is 0.994. The topological polar surface area (TPSA) is 63.3 Å². The van der Waals surface area contributed by atoms with Gasteiger partial charge in [0.15, 0.2) is 0 Å². The fourth-order valence-electron chi connectivity index (χ4n) is 0.994. The molecule has 1 fully saturated rings. The number of rotatable bonds is 2. The molecule has 0 heterocycles. The van der Waals surface area contributed by atoms with E-state index in [0.29, 0.717) is 0 Å². The van der Waals surface area contributed by atoms with Gasteiger partial charge in [0, 0.05) is 6.04 Å². The maximum atomic E-state index is 10.3. The summed E-state index contributed by atoms with van der Waals surface area (Å²) in [6.45, 7) is 1.71. The summed E-state index contributed by atoms with van der Waals surface area (Å²) in [5, 5.41) is 8.45. The van der Waals surface area contributed by atoms with E-state index in [4.69, 9.17) is 10.8 Å². The molecule has 3 nitrogen and oxygen atoms in total. The molecule has 9 heavy (non-hydrogen) atoms. The zero-order valence-corrected chi connectivity index (χ0v) is 5.37. The molecule has 3 atom stereocenters. The first-order chi connectivity index (χ1) is 4.13. The molecule has 0 bridgehead atoms. The lowest BCUT2D eigenvalue weighted by atomic mass is 10.1. The second-order valence-electron chi connectivity index (χ2n) is 2.69. The largest absolute Gasteiger partial charge is 0.481 e. The molecule has 0 aliphatic heterocycles. The molecule has 0 spiro atoms. The average Bonchev–Trinajstić information content (AvgIpc) is 2.44. The molecule has 3 heteroatoms. The van der Waals surface area contributed by atoms with Crippen molar-refractivity contribution >= 4 is 5.97 Å². The maximum absolute atomic E-state index is 10.3. The van der Waals surface area contributed by atoms with Crippen LogP contribution in [0.3, 0.4) is 0 Å². The molecule has 0 aromatic heterocycles. The SMILES string of the molecule is C[C@H](C(=O)O)[C@@H]1C[C@H]1N. The van der Waals surface area contributed by atoms with Gasteiger partial charge in [-0.3, -0.25) is 4.79 Å². The zero-order valence-electron chi connectivity index (χ0n) is 5.37. The van der Waals surface area contributed by atoms with Crippen molar-refractivity contribution in [2.45, 2.75) is 19.4 Å². The molecule has 1 aliphatic rings. The lowest BCUT2D eigenvalue weighted by Crippen LogP contribution is -2.16. The molecule has 0 radical (unpaired) electrons. The van der Waals surface area contributed by atoms with Crippen LogP contribution < -0.4 is 5.73 Å². The Morgan fingerprint density at radius 1 is 1.89 bits per heavy atom. The molecule has 0 unspecified atom stereocenters. The number of carboxylic acid groups (broad SMARTS) is 1. The van der Waals surface area contributed by atoms with Gasteiger partial charge in [-0.1, -0.05) is 6.92 Å². The molecule has 0 aromatic rings.